The van der Waals surface area contributed by atoms with Crippen LogP contribution < -0.4 is 16.0 Å². The van der Waals surface area contributed by atoms with Crippen molar-refractivity contribution in [3.63, 3.8) is 0 Å². The second-order valence-electron chi connectivity index (χ2n) is 4.85. The first-order valence-corrected chi connectivity index (χ1v) is 7.35. The molecule has 1 aromatic heterocycles. The molecule has 0 aliphatic carbocycles. The van der Waals surface area contributed by atoms with Crippen molar-refractivity contribution in [2.75, 3.05) is 42.2 Å². The molecule has 0 aromatic carbocycles. The van der Waals surface area contributed by atoms with Crippen molar-refractivity contribution in [3.05, 3.63) is 0 Å². The van der Waals surface area contributed by atoms with Crippen molar-refractivity contribution < 1.29 is 9.53 Å². The van der Waals surface area contributed by atoms with Gasteiger partial charge >= 0.3 is 5.97 Å². The third kappa shape index (κ3) is 4.73. The van der Waals surface area contributed by atoms with Gasteiger partial charge in [-0.3, -0.25) is 4.79 Å². The third-order valence-corrected chi connectivity index (χ3v) is 3.18. The van der Waals surface area contributed by atoms with Gasteiger partial charge in [-0.15, -0.1) is 0 Å². The van der Waals surface area contributed by atoms with Crippen LogP contribution in [0.25, 0.3) is 0 Å². The lowest BCUT2D eigenvalue weighted by Gasteiger charge is -2.16. The summed E-state index contributed by atoms with van der Waals surface area (Å²) in [5.41, 5.74) is 5.72. The Labute approximate surface area is 124 Å². The summed E-state index contributed by atoms with van der Waals surface area (Å²) in [6.07, 6.45) is 3.33. The Morgan fingerprint density at radius 2 is 2.10 bits per heavy atom. The maximum atomic E-state index is 11.2. The number of hydrogen-bond acceptors (Lipinski definition) is 8. The Hall–Kier alpha value is -2.12. The number of hydrogen-bond donors (Lipinski definition) is 2. The fraction of sp³-hybridized carbons (Fsp3) is 0.692. The van der Waals surface area contributed by atoms with Crippen molar-refractivity contribution >= 4 is 23.8 Å². The lowest BCUT2D eigenvalue weighted by atomic mass is 10.3. The highest BCUT2D eigenvalue weighted by Crippen LogP contribution is 2.17. The predicted molar refractivity (Wildman–Crippen MR) is 80.0 cm³/mol. The van der Waals surface area contributed by atoms with E-state index in [1.165, 1.54) is 0 Å². The quantitative estimate of drug-likeness (QED) is 0.562. The Morgan fingerprint density at radius 3 is 2.81 bits per heavy atom. The van der Waals surface area contributed by atoms with E-state index in [1.54, 1.807) is 6.92 Å². The van der Waals surface area contributed by atoms with Crippen molar-refractivity contribution in [1.82, 2.24) is 15.0 Å². The first kappa shape index (κ1) is 15.3. The second-order valence-corrected chi connectivity index (χ2v) is 4.85. The zero-order valence-electron chi connectivity index (χ0n) is 12.3. The maximum absolute atomic E-state index is 11.2. The number of nitrogens with two attached hydrogens (primary N) is 1. The highest BCUT2D eigenvalue weighted by atomic mass is 16.5. The first-order chi connectivity index (χ1) is 10.2. The highest BCUT2D eigenvalue weighted by molar-refractivity contribution is 5.69. The van der Waals surface area contributed by atoms with Gasteiger partial charge < -0.3 is 20.7 Å². The van der Waals surface area contributed by atoms with Crippen LogP contribution in [0.1, 0.15) is 32.6 Å². The molecule has 0 radical (unpaired) electrons. The average molecular weight is 294 g/mol. The Kier molecular flexibility index (Phi) is 5.53. The number of nitrogens with one attached hydrogen (secondary N) is 1. The summed E-state index contributed by atoms with van der Waals surface area (Å²) in [7, 11) is 0. The van der Waals surface area contributed by atoms with Gasteiger partial charge in [0.05, 0.1) is 6.61 Å². The van der Waals surface area contributed by atoms with Gasteiger partial charge in [-0.2, -0.15) is 15.0 Å². The van der Waals surface area contributed by atoms with Crippen LogP contribution >= 0.6 is 0 Å². The average Bonchev–Trinajstić information content (AvgIpc) is 2.97. The minimum Gasteiger partial charge on any atom is -0.466 e. The van der Waals surface area contributed by atoms with Crippen molar-refractivity contribution in [3.8, 4) is 0 Å². The van der Waals surface area contributed by atoms with Crippen LogP contribution in [-0.2, 0) is 9.53 Å². The van der Waals surface area contributed by atoms with E-state index in [0.717, 1.165) is 25.9 Å². The van der Waals surface area contributed by atoms with Gasteiger partial charge in [0.2, 0.25) is 17.8 Å². The number of nitrogens with zero attached hydrogens (tertiary/aromatic N) is 4. The van der Waals surface area contributed by atoms with Crippen LogP contribution in [0.4, 0.5) is 17.8 Å². The minimum atomic E-state index is -0.188. The van der Waals surface area contributed by atoms with Gasteiger partial charge in [-0.05, 0) is 26.2 Å². The highest BCUT2D eigenvalue weighted by Gasteiger charge is 2.16. The molecule has 0 atom stereocenters. The lowest BCUT2D eigenvalue weighted by molar-refractivity contribution is -0.143. The van der Waals surface area contributed by atoms with E-state index in [1.807, 2.05) is 0 Å². The molecule has 0 amide bonds. The van der Waals surface area contributed by atoms with E-state index in [0.29, 0.717) is 37.9 Å². The van der Waals surface area contributed by atoms with E-state index in [4.69, 9.17) is 10.5 Å². The van der Waals surface area contributed by atoms with Gasteiger partial charge in [-0.25, -0.2) is 0 Å². The molecule has 21 heavy (non-hydrogen) atoms. The fourth-order valence-corrected chi connectivity index (χ4v) is 2.18. The molecule has 8 nitrogen and oxygen atoms in total. The van der Waals surface area contributed by atoms with E-state index < -0.39 is 0 Å². The molecule has 1 saturated heterocycles. The number of aromatic nitrogens is 3. The number of esters is 1. The molecule has 8 heteroatoms. The van der Waals surface area contributed by atoms with Gasteiger partial charge in [0.15, 0.2) is 0 Å². The van der Waals surface area contributed by atoms with E-state index >= 15 is 0 Å². The smallest absolute Gasteiger partial charge is 0.305 e. The number of nitrogen functional groups attached to an aromatic ring is 1. The molecule has 0 spiro atoms. The molecule has 0 bridgehead atoms. The topological polar surface area (TPSA) is 106 Å². The molecule has 1 aromatic rings. The van der Waals surface area contributed by atoms with E-state index in [2.05, 4.69) is 25.2 Å². The number of carbonyl (C=O) groups is 1. The fourth-order valence-electron chi connectivity index (χ4n) is 2.18. The number of ether oxygens (including phenoxy) is 1. The molecule has 0 saturated carbocycles. The SMILES string of the molecule is CCOC(=O)CCCNc1nc(N)nc(N2CCCC2)n1. The van der Waals surface area contributed by atoms with Crippen LogP contribution in [0.2, 0.25) is 0 Å². The predicted octanol–water partition coefficient (Wildman–Crippen LogP) is 0.809. The monoisotopic (exact) mass is 294 g/mol. The molecule has 0 unspecified atom stereocenters. The number of rotatable bonds is 7. The summed E-state index contributed by atoms with van der Waals surface area (Å²) >= 11 is 0. The Morgan fingerprint density at radius 1 is 1.33 bits per heavy atom. The summed E-state index contributed by atoms with van der Waals surface area (Å²) in [5.74, 6) is 1.09. The molecular weight excluding hydrogens is 272 g/mol. The molecule has 2 heterocycles. The molecule has 2 rings (SSSR count). The lowest BCUT2D eigenvalue weighted by Crippen LogP contribution is -2.22. The van der Waals surface area contributed by atoms with Crippen molar-refractivity contribution in [2.24, 2.45) is 0 Å². The summed E-state index contributed by atoms with van der Waals surface area (Å²) in [4.78, 5) is 25.9. The molecule has 116 valence electrons. The summed E-state index contributed by atoms with van der Waals surface area (Å²) < 4.78 is 4.87. The van der Waals surface area contributed by atoms with Crippen molar-refractivity contribution in [2.45, 2.75) is 32.6 Å². The molecular formula is C13H22N6O2. The van der Waals surface area contributed by atoms with E-state index in [9.17, 15) is 4.79 Å². The number of carbonyl (C=O) groups excluding carboxylic acids is 1. The van der Waals surface area contributed by atoms with Gasteiger partial charge in [-0.1, -0.05) is 0 Å². The van der Waals surface area contributed by atoms with Crippen LogP contribution in [-0.4, -0.2) is 47.2 Å². The molecule has 1 aliphatic rings. The van der Waals surface area contributed by atoms with Gasteiger partial charge in [0.1, 0.15) is 0 Å². The minimum absolute atomic E-state index is 0.188. The largest absolute Gasteiger partial charge is 0.466 e. The van der Waals surface area contributed by atoms with Crippen LogP contribution in [0, 0.1) is 0 Å². The standard InChI is InChI=1S/C13H22N6O2/c1-2-21-10(20)6-5-7-15-12-16-11(14)17-13(18-12)19-8-3-4-9-19/h2-9H2,1H3,(H3,14,15,16,17,18). The van der Waals surface area contributed by atoms with Crippen LogP contribution in [0.5, 0.6) is 0 Å². The summed E-state index contributed by atoms with van der Waals surface area (Å²) in [6.45, 7) is 4.69. The summed E-state index contributed by atoms with van der Waals surface area (Å²) in [5, 5.41) is 3.07. The Balaban J connectivity index is 1.84. The first-order valence-electron chi connectivity index (χ1n) is 7.35. The van der Waals surface area contributed by atoms with Gasteiger partial charge in [0.25, 0.3) is 0 Å². The normalized spacial score (nSPS) is 14.2. The van der Waals surface area contributed by atoms with Crippen LogP contribution in [0.15, 0.2) is 0 Å². The van der Waals surface area contributed by atoms with Crippen LogP contribution in [0.3, 0.4) is 0 Å². The Bertz CT molecular complexity index is 476. The molecule has 1 fully saturated rings. The molecule has 3 N–H and O–H groups in total. The third-order valence-electron chi connectivity index (χ3n) is 3.18. The second kappa shape index (κ2) is 7.61. The summed E-state index contributed by atoms with van der Waals surface area (Å²) in [6, 6.07) is 0. The maximum Gasteiger partial charge on any atom is 0.305 e. The molecule has 1 aliphatic heterocycles. The number of anilines is 3. The van der Waals surface area contributed by atoms with Gasteiger partial charge in [0, 0.05) is 26.1 Å². The van der Waals surface area contributed by atoms with Crippen molar-refractivity contribution in [1.29, 1.82) is 0 Å². The zero-order valence-corrected chi connectivity index (χ0v) is 12.3. The zero-order chi connectivity index (χ0) is 15.1. The van der Waals surface area contributed by atoms with E-state index in [-0.39, 0.29) is 11.9 Å².